The van der Waals surface area contributed by atoms with Crippen molar-refractivity contribution in [1.29, 1.82) is 0 Å². The predicted octanol–water partition coefficient (Wildman–Crippen LogP) is 2.66. The van der Waals surface area contributed by atoms with Crippen molar-refractivity contribution < 1.29 is 26.8 Å². The van der Waals surface area contributed by atoms with Crippen LogP contribution in [-0.2, 0) is 14.8 Å². The van der Waals surface area contributed by atoms with E-state index in [0.29, 0.717) is 44.6 Å². The van der Waals surface area contributed by atoms with E-state index >= 15 is 0 Å². The third-order valence-corrected chi connectivity index (χ3v) is 8.49. The molecule has 2 heterocycles. The van der Waals surface area contributed by atoms with Gasteiger partial charge < -0.3 is 9.80 Å². The number of hydrogen-bond acceptors (Lipinski definition) is 4. The van der Waals surface area contributed by atoms with E-state index in [1.165, 1.54) is 28.6 Å². The maximum Gasteiger partial charge on any atom is 0.254 e. The van der Waals surface area contributed by atoms with Gasteiger partial charge in [0.25, 0.3) is 5.91 Å². The summed E-state index contributed by atoms with van der Waals surface area (Å²) < 4.78 is 54.6. The highest BCUT2D eigenvalue weighted by atomic mass is 32.2. The molecule has 0 spiro atoms. The minimum absolute atomic E-state index is 0.0589. The molecule has 2 aromatic rings. The zero-order valence-electron chi connectivity index (χ0n) is 18.9. The third-order valence-electron chi connectivity index (χ3n) is 6.55. The van der Waals surface area contributed by atoms with E-state index in [0.717, 1.165) is 6.07 Å². The number of carbonyl (C=O) groups excluding carboxylic acids is 2. The van der Waals surface area contributed by atoms with Crippen molar-refractivity contribution in [1.82, 2.24) is 14.1 Å². The van der Waals surface area contributed by atoms with Crippen molar-refractivity contribution in [2.75, 3.05) is 39.3 Å². The highest BCUT2D eigenvalue weighted by Gasteiger charge is 2.36. The van der Waals surface area contributed by atoms with Crippen molar-refractivity contribution in [2.24, 2.45) is 5.92 Å². The number of nitrogens with zero attached hydrogens (tertiary/aromatic N) is 3. The first-order valence-electron chi connectivity index (χ1n) is 11.3. The van der Waals surface area contributed by atoms with Crippen LogP contribution < -0.4 is 0 Å². The number of hydrogen-bond donors (Lipinski definition) is 0. The molecule has 7 nitrogen and oxygen atoms in total. The Bertz CT molecular complexity index is 1190. The van der Waals surface area contributed by atoms with Crippen molar-refractivity contribution in [3.05, 3.63) is 65.2 Å². The van der Waals surface area contributed by atoms with Crippen molar-refractivity contribution >= 4 is 21.8 Å². The van der Waals surface area contributed by atoms with E-state index in [4.69, 9.17) is 0 Å². The average molecular weight is 492 g/mol. The van der Waals surface area contributed by atoms with Crippen LogP contribution in [0.5, 0.6) is 0 Å². The molecule has 0 aliphatic carbocycles. The number of benzene rings is 2. The molecule has 0 N–H and O–H groups in total. The van der Waals surface area contributed by atoms with Crippen molar-refractivity contribution in [2.45, 2.75) is 24.7 Å². The summed E-state index contributed by atoms with van der Waals surface area (Å²) in [6, 6.07) is 9.68. The number of carbonyl (C=O) groups is 2. The molecule has 0 bridgehead atoms. The van der Waals surface area contributed by atoms with Gasteiger partial charge in [-0.05, 0) is 49.6 Å². The molecule has 0 unspecified atom stereocenters. The molecule has 4 rings (SSSR count). The van der Waals surface area contributed by atoms with Crippen LogP contribution in [0.1, 0.15) is 28.8 Å². The molecule has 2 aliphatic rings. The quantitative estimate of drug-likeness (QED) is 0.659. The lowest BCUT2D eigenvalue weighted by Gasteiger charge is -2.38. The minimum Gasteiger partial charge on any atom is -0.339 e. The first-order valence-corrected chi connectivity index (χ1v) is 12.7. The van der Waals surface area contributed by atoms with Crippen LogP contribution in [0, 0.1) is 24.5 Å². The van der Waals surface area contributed by atoms with E-state index in [-0.39, 0.29) is 41.3 Å². The second kappa shape index (κ2) is 9.79. The van der Waals surface area contributed by atoms with Gasteiger partial charge in [0.15, 0.2) is 0 Å². The van der Waals surface area contributed by atoms with Crippen LogP contribution in [-0.4, -0.2) is 73.6 Å². The van der Waals surface area contributed by atoms with Gasteiger partial charge in [-0.1, -0.05) is 18.2 Å². The predicted molar refractivity (Wildman–Crippen MR) is 122 cm³/mol. The Hall–Kier alpha value is -2.85. The van der Waals surface area contributed by atoms with Gasteiger partial charge in [0, 0.05) is 50.7 Å². The fraction of sp³-hybridized carbons (Fsp3) is 0.417. The molecular formula is C24H27F2N3O4S. The summed E-state index contributed by atoms with van der Waals surface area (Å²) >= 11 is 0. The fourth-order valence-electron chi connectivity index (χ4n) is 4.43. The summed E-state index contributed by atoms with van der Waals surface area (Å²) in [6.07, 6.45) is 0.711. The standard InChI is InChI=1S/C24H27F2N3O4S/c1-17-6-7-19(16-21(17)26)24(31)28-14-12-27(13-15-28)23(30)18-8-10-29(11-9-18)34(32,33)22-5-3-2-4-20(22)25/h2-7,16,18H,8-15H2,1H3. The monoisotopic (exact) mass is 491 g/mol. The van der Waals surface area contributed by atoms with E-state index in [1.54, 1.807) is 28.9 Å². The van der Waals surface area contributed by atoms with Gasteiger partial charge in [-0.3, -0.25) is 9.59 Å². The van der Waals surface area contributed by atoms with Gasteiger partial charge in [-0.15, -0.1) is 0 Å². The molecule has 2 aromatic carbocycles. The average Bonchev–Trinajstić information content (AvgIpc) is 2.85. The first-order chi connectivity index (χ1) is 16.2. The zero-order chi connectivity index (χ0) is 24.5. The molecule has 2 amide bonds. The molecule has 2 aliphatic heterocycles. The van der Waals surface area contributed by atoms with Gasteiger partial charge in [0.05, 0.1) is 0 Å². The molecule has 0 saturated carbocycles. The third kappa shape index (κ3) is 4.83. The summed E-state index contributed by atoms with van der Waals surface area (Å²) in [4.78, 5) is 28.6. The van der Waals surface area contributed by atoms with Gasteiger partial charge in [-0.25, -0.2) is 17.2 Å². The number of amides is 2. The number of piperazine rings is 1. The van der Waals surface area contributed by atoms with Crippen LogP contribution in [0.2, 0.25) is 0 Å². The largest absolute Gasteiger partial charge is 0.339 e. The summed E-state index contributed by atoms with van der Waals surface area (Å²) in [5.41, 5.74) is 0.756. The molecule has 34 heavy (non-hydrogen) atoms. The Morgan fingerprint density at radius 1 is 0.853 bits per heavy atom. The van der Waals surface area contributed by atoms with Crippen LogP contribution in [0.4, 0.5) is 8.78 Å². The number of piperidine rings is 1. The van der Waals surface area contributed by atoms with Crippen LogP contribution in [0.3, 0.4) is 0 Å². The Labute approximate surface area is 198 Å². The Morgan fingerprint density at radius 2 is 1.47 bits per heavy atom. The molecule has 10 heteroatoms. The van der Waals surface area contributed by atoms with Crippen LogP contribution in [0.25, 0.3) is 0 Å². The van der Waals surface area contributed by atoms with Crippen molar-refractivity contribution in [3.8, 4) is 0 Å². The zero-order valence-corrected chi connectivity index (χ0v) is 19.7. The van der Waals surface area contributed by atoms with E-state index in [1.807, 2.05) is 0 Å². The lowest BCUT2D eigenvalue weighted by atomic mass is 9.96. The van der Waals surface area contributed by atoms with E-state index in [9.17, 15) is 26.8 Å². The maximum atomic E-state index is 14.0. The summed E-state index contributed by atoms with van der Waals surface area (Å²) in [7, 11) is -3.95. The number of aryl methyl sites for hydroxylation is 1. The molecular weight excluding hydrogens is 464 g/mol. The second-order valence-corrected chi connectivity index (χ2v) is 10.6. The van der Waals surface area contributed by atoms with Gasteiger partial charge in [0.1, 0.15) is 16.5 Å². The maximum absolute atomic E-state index is 14.0. The molecule has 182 valence electrons. The van der Waals surface area contributed by atoms with Crippen molar-refractivity contribution in [3.63, 3.8) is 0 Å². The SMILES string of the molecule is Cc1ccc(C(=O)N2CCN(C(=O)C3CCN(S(=O)(=O)c4ccccc4F)CC3)CC2)cc1F. The molecule has 2 saturated heterocycles. The minimum atomic E-state index is -3.95. The first kappa shape index (κ1) is 24.3. The Kier molecular flexibility index (Phi) is 6.99. The molecule has 2 fully saturated rings. The smallest absolute Gasteiger partial charge is 0.254 e. The highest BCUT2D eigenvalue weighted by molar-refractivity contribution is 7.89. The number of halogens is 2. The van der Waals surface area contributed by atoms with Crippen LogP contribution in [0.15, 0.2) is 47.4 Å². The van der Waals surface area contributed by atoms with Gasteiger partial charge in [-0.2, -0.15) is 4.31 Å². The lowest BCUT2D eigenvalue weighted by Crippen LogP contribution is -2.53. The lowest BCUT2D eigenvalue weighted by molar-refractivity contribution is -0.138. The molecule has 0 radical (unpaired) electrons. The number of rotatable bonds is 4. The molecule has 0 aromatic heterocycles. The van der Waals surface area contributed by atoms with E-state index in [2.05, 4.69) is 0 Å². The normalized spacial score (nSPS) is 18.2. The van der Waals surface area contributed by atoms with Crippen LogP contribution >= 0.6 is 0 Å². The Balaban J connectivity index is 1.31. The number of sulfonamides is 1. The topological polar surface area (TPSA) is 78.0 Å². The van der Waals surface area contributed by atoms with Gasteiger partial charge in [0.2, 0.25) is 15.9 Å². The summed E-state index contributed by atoms with van der Waals surface area (Å²) in [6.45, 7) is 3.35. The highest BCUT2D eigenvalue weighted by Crippen LogP contribution is 2.27. The molecule has 0 atom stereocenters. The summed E-state index contributed by atoms with van der Waals surface area (Å²) in [5, 5.41) is 0. The second-order valence-electron chi connectivity index (χ2n) is 8.69. The Morgan fingerprint density at radius 3 is 2.09 bits per heavy atom. The fourth-order valence-corrected chi connectivity index (χ4v) is 5.97. The van der Waals surface area contributed by atoms with Gasteiger partial charge >= 0.3 is 0 Å². The summed E-state index contributed by atoms with van der Waals surface area (Å²) in [5.74, 6) is -1.86. The van der Waals surface area contributed by atoms with E-state index < -0.39 is 21.7 Å².